The molecule has 1 nitrogen and oxygen atoms in total. The molecule has 0 aliphatic heterocycles. The molecule has 17 heavy (non-hydrogen) atoms. The Bertz CT molecular complexity index is 326. The van der Waals surface area contributed by atoms with Gasteiger partial charge in [-0.1, -0.05) is 45.1 Å². The Morgan fingerprint density at radius 2 is 1.71 bits per heavy atom. The standard InChI is InChI=1S/C14H20Br2O/c1-2-3-4-5-6-7-11-17-13-10-8-9-12(15)14(13)16/h8-10H,2-7,11H2,1H3. The smallest absolute Gasteiger partial charge is 0.134 e. The number of unbranched alkanes of at least 4 members (excludes halogenated alkanes) is 5. The number of hydrogen-bond donors (Lipinski definition) is 0. The van der Waals surface area contributed by atoms with Crippen molar-refractivity contribution < 1.29 is 4.74 Å². The number of ether oxygens (including phenoxy) is 1. The van der Waals surface area contributed by atoms with Gasteiger partial charge in [0.2, 0.25) is 0 Å². The van der Waals surface area contributed by atoms with Crippen molar-refractivity contribution in [3.05, 3.63) is 27.1 Å². The fourth-order valence-corrected chi connectivity index (χ4v) is 2.39. The first kappa shape index (κ1) is 15.0. The summed E-state index contributed by atoms with van der Waals surface area (Å²) in [4.78, 5) is 0. The Labute approximate surface area is 121 Å². The number of hydrogen-bond acceptors (Lipinski definition) is 1. The van der Waals surface area contributed by atoms with Crippen LogP contribution in [0.5, 0.6) is 5.75 Å². The lowest BCUT2D eigenvalue weighted by atomic mass is 10.1. The summed E-state index contributed by atoms with van der Waals surface area (Å²) in [5, 5.41) is 0. The normalized spacial score (nSPS) is 10.5. The summed E-state index contributed by atoms with van der Waals surface area (Å²) in [5.41, 5.74) is 0. The van der Waals surface area contributed by atoms with Crippen LogP contribution >= 0.6 is 31.9 Å². The molecule has 0 saturated heterocycles. The van der Waals surface area contributed by atoms with Crippen LogP contribution in [0.1, 0.15) is 45.4 Å². The molecule has 0 amide bonds. The van der Waals surface area contributed by atoms with Gasteiger partial charge < -0.3 is 4.74 Å². The van der Waals surface area contributed by atoms with Crippen LogP contribution in [0.4, 0.5) is 0 Å². The Kier molecular flexibility index (Phi) is 7.95. The molecular weight excluding hydrogens is 344 g/mol. The summed E-state index contributed by atoms with van der Waals surface area (Å²) in [6.07, 6.45) is 7.77. The molecule has 0 spiro atoms. The number of rotatable bonds is 8. The average molecular weight is 364 g/mol. The van der Waals surface area contributed by atoms with Gasteiger partial charge in [-0.3, -0.25) is 0 Å². The first-order valence-electron chi connectivity index (χ1n) is 6.32. The van der Waals surface area contributed by atoms with Crippen LogP contribution in [-0.4, -0.2) is 6.61 Å². The molecule has 0 aliphatic carbocycles. The molecule has 96 valence electrons. The SMILES string of the molecule is CCCCCCCCOc1cccc(Br)c1Br. The lowest BCUT2D eigenvalue weighted by Crippen LogP contribution is -1.98. The quantitative estimate of drug-likeness (QED) is 0.518. The Balaban J connectivity index is 2.16. The van der Waals surface area contributed by atoms with E-state index in [1.165, 1.54) is 32.1 Å². The molecule has 0 saturated carbocycles. The third kappa shape index (κ3) is 5.91. The highest BCUT2D eigenvalue weighted by Gasteiger charge is 2.03. The Morgan fingerprint density at radius 1 is 1.00 bits per heavy atom. The minimum Gasteiger partial charge on any atom is -0.492 e. The maximum absolute atomic E-state index is 5.75. The molecular formula is C14H20Br2O. The zero-order chi connectivity index (χ0) is 12.5. The summed E-state index contributed by atoms with van der Waals surface area (Å²) >= 11 is 6.98. The third-order valence-corrected chi connectivity index (χ3v) is 4.68. The van der Waals surface area contributed by atoms with E-state index in [1.54, 1.807) is 0 Å². The maximum atomic E-state index is 5.75. The summed E-state index contributed by atoms with van der Waals surface area (Å²) in [6.45, 7) is 3.05. The van der Waals surface area contributed by atoms with E-state index in [0.29, 0.717) is 0 Å². The van der Waals surface area contributed by atoms with Gasteiger partial charge in [0.1, 0.15) is 5.75 Å². The molecule has 3 heteroatoms. The summed E-state index contributed by atoms with van der Waals surface area (Å²) in [6, 6.07) is 5.99. The van der Waals surface area contributed by atoms with Crippen LogP contribution in [0.15, 0.2) is 27.1 Å². The second-order valence-corrected chi connectivity index (χ2v) is 5.82. The van der Waals surface area contributed by atoms with Crippen LogP contribution < -0.4 is 4.74 Å². The zero-order valence-electron chi connectivity index (χ0n) is 10.3. The van der Waals surface area contributed by atoms with E-state index in [2.05, 4.69) is 38.8 Å². The van der Waals surface area contributed by atoms with Crippen molar-refractivity contribution in [3.8, 4) is 5.75 Å². The Morgan fingerprint density at radius 3 is 2.47 bits per heavy atom. The van der Waals surface area contributed by atoms with Gasteiger partial charge in [0.15, 0.2) is 0 Å². The van der Waals surface area contributed by atoms with Gasteiger partial charge in [-0.05, 0) is 50.4 Å². The minimum atomic E-state index is 0.807. The van der Waals surface area contributed by atoms with E-state index in [9.17, 15) is 0 Å². The largest absolute Gasteiger partial charge is 0.492 e. The van der Waals surface area contributed by atoms with Gasteiger partial charge >= 0.3 is 0 Å². The van der Waals surface area contributed by atoms with Crippen molar-refractivity contribution in [1.29, 1.82) is 0 Å². The van der Waals surface area contributed by atoms with Gasteiger partial charge in [-0.25, -0.2) is 0 Å². The van der Waals surface area contributed by atoms with E-state index < -0.39 is 0 Å². The molecule has 0 bridgehead atoms. The van der Waals surface area contributed by atoms with E-state index in [-0.39, 0.29) is 0 Å². The lowest BCUT2D eigenvalue weighted by Gasteiger charge is -2.08. The number of halogens is 2. The van der Waals surface area contributed by atoms with Gasteiger partial charge in [0, 0.05) is 4.47 Å². The van der Waals surface area contributed by atoms with Crippen molar-refractivity contribution >= 4 is 31.9 Å². The van der Waals surface area contributed by atoms with Gasteiger partial charge in [-0.2, -0.15) is 0 Å². The van der Waals surface area contributed by atoms with E-state index in [1.807, 2.05) is 18.2 Å². The van der Waals surface area contributed by atoms with E-state index in [0.717, 1.165) is 27.7 Å². The third-order valence-electron chi connectivity index (χ3n) is 2.67. The van der Waals surface area contributed by atoms with Gasteiger partial charge in [0.25, 0.3) is 0 Å². The van der Waals surface area contributed by atoms with Crippen LogP contribution in [0, 0.1) is 0 Å². The molecule has 0 unspecified atom stereocenters. The predicted molar refractivity (Wildman–Crippen MR) is 80.7 cm³/mol. The van der Waals surface area contributed by atoms with Gasteiger partial charge in [0.05, 0.1) is 11.1 Å². The van der Waals surface area contributed by atoms with Crippen molar-refractivity contribution in [1.82, 2.24) is 0 Å². The Hall–Kier alpha value is -0.0200. The minimum absolute atomic E-state index is 0.807. The van der Waals surface area contributed by atoms with Crippen LogP contribution in [0.3, 0.4) is 0 Å². The summed E-state index contributed by atoms with van der Waals surface area (Å²) in [7, 11) is 0. The van der Waals surface area contributed by atoms with E-state index >= 15 is 0 Å². The molecule has 1 rings (SSSR count). The fourth-order valence-electron chi connectivity index (χ4n) is 1.66. The molecule has 1 aromatic rings. The molecule has 0 aliphatic rings. The van der Waals surface area contributed by atoms with Crippen molar-refractivity contribution in [2.24, 2.45) is 0 Å². The maximum Gasteiger partial charge on any atom is 0.134 e. The monoisotopic (exact) mass is 362 g/mol. The van der Waals surface area contributed by atoms with E-state index in [4.69, 9.17) is 4.74 Å². The molecule has 0 radical (unpaired) electrons. The zero-order valence-corrected chi connectivity index (χ0v) is 13.5. The second kappa shape index (κ2) is 8.98. The molecule has 0 aromatic heterocycles. The lowest BCUT2D eigenvalue weighted by molar-refractivity contribution is 0.302. The van der Waals surface area contributed by atoms with Crippen molar-refractivity contribution in [3.63, 3.8) is 0 Å². The average Bonchev–Trinajstić information content (AvgIpc) is 2.33. The fraction of sp³-hybridized carbons (Fsp3) is 0.571. The second-order valence-electron chi connectivity index (χ2n) is 4.17. The summed E-state index contributed by atoms with van der Waals surface area (Å²) < 4.78 is 7.79. The highest BCUT2D eigenvalue weighted by Crippen LogP contribution is 2.32. The molecule has 0 N–H and O–H groups in total. The number of benzene rings is 1. The predicted octanol–water partition coefficient (Wildman–Crippen LogP) is 5.95. The highest BCUT2D eigenvalue weighted by molar-refractivity contribution is 9.13. The van der Waals surface area contributed by atoms with Crippen LogP contribution in [-0.2, 0) is 0 Å². The highest BCUT2D eigenvalue weighted by atomic mass is 79.9. The van der Waals surface area contributed by atoms with Crippen molar-refractivity contribution in [2.75, 3.05) is 6.61 Å². The van der Waals surface area contributed by atoms with Gasteiger partial charge in [-0.15, -0.1) is 0 Å². The van der Waals surface area contributed by atoms with Crippen LogP contribution in [0.2, 0.25) is 0 Å². The molecule has 0 heterocycles. The summed E-state index contributed by atoms with van der Waals surface area (Å²) in [5.74, 6) is 0.924. The first-order valence-corrected chi connectivity index (χ1v) is 7.91. The molecule has 1 aromatic carbocycles. The molecule has 0 atom stereocenters. The van der Waals surface area contributed by atoms with Crippen molar-refractivity contribution in [2.45, 2.75) is 45.4 Å². The first-order chi connectivity index (χ1) is 8.25. The topological polar surface area (TPSA) is 9.23 Å². The van der Waals surface area contributed by atoms with Crippen LogP contribution in [0.25, 0.3) is 0 Å². The molecule has 0 fully saturated rings.